The van der Waals surface area contributed by atoms with E-state index < -0.39 is 22.5 Å². The molecule has 3 aromatic carbocycles. The van der Waals surface area contributed by atoms with Crippen LogP contribution in [0.5, 0.6) is 5.75 Å². The number of nitrogens with one attached hydrogen (secondary N) is 1. The van der Waals surface area contributed by atoms with Gasteiger partial charge in [-0.2, -0.15) is 0 Å². The standard InChI is InChI=1S/C25H27ClN2O4S/c1-4-32-22-14-11-20(12-15-22)19(3)27-25(29)17-28(21-13-10-18(2)24(26)16-21)33(30,31)23-8-6-5-7-9-23/h5-16,19H,4,17H2,1-3H3,(H,27,29)/t19-/m0/s1. The highest BCUT2D eigenvalue weighted by Crippen LogP contribution is 2.28. The van der Waals surface area contributed by atoms with Crippen LogP contribution in [0.1, 0.15) is 31.0 Å². The van der Waals surface area contributed by atoms with Gasteiger partial charge in [0.05, 0.1) is 23.2 Å². The molecule has 0 aliphatic rings. The van der Waals surface area contributed by atoms with Crippen LogP contribution in [0.25, 0.3) is 0 Å². The number of anilines is 1. The topological polar surface area (TPSA) is 75.7 Å². The van der Waals surface area contributed by atoms with E-state index in [4.69, 9.17) is 16.3 Å². The van der Waals surface area contributed by atoms with Crippen LogP contribution in [0.3, 0.4) is 0 Å². The Hall–Kier alpha value is -3.03. The fourth-order valence-corrected chi connectivity index (χ4v) is 4.90. The van der Waals surface area contributed by atoms with Crippen LogP contribution < -0.4 is 14.4 Å². The van der Waals surface area contributed by atoms with E-state index in [2.05, 4.69) is 5.32 Å². The van der Waals surface area contributed by atoms with Crippen molar-refractivity contribution in [3.05, 3.63) is 88.9 Å². The first-order valence-electron chi connectivity index (χ1n) is 10.6. The van der Waals surface area contributed by atoms with Crippen LogP contribution in [0, 0.1) is 6.92 Å². The third-order valence-electron chi connectivity index (χ3n) is 5.13. The summed E-state index contributed by atoms with van der Waals surface area (Å²) in [5, 5.41) is 3.30. The smallest absolute Gasteiger partial charge is 0.264 e. The maximum Gasteiger partial charge on any atom is 0.264 e. The molecule has 3 aromatic rings. The minimum absolute atomic E-state index is 0.0917. The summed E-state index contributed by atoms with van der Waals surface area (Å²) in [7, 11) is -3.99. The molecular formula is C25H27ClN2O4S. The van der Waals surface area contributed by atoms with E-state index in [1.165, 1.54) is 12.1 Å². The molecule has 33 heavy (non-hydrogen) atoms. The minimum atomic E-state index is -3.99. The van der Waals surface area contributed by atoms with E-state index >= 15 is 0 Å². The molecule has 0 fully saturated rings. The molecule has 0 aliphatic heterocycles. The molecule has 0 bridgehead atoms. The van der Waals surface area contributed by atoms with Crippen molar-refractivity contribution in [1.82, 2.24) is 5.32 Å². The second kappa shape index (κ2) is 10.7. The Bertz CT molecular complexity index is 1200. The molecular weight excluding hydrogens is 460 g/mol. The summed E-state index contributed by atoms with van der Waals surface area (Å²) in [5.41, 5.74) is 2.01. The number of hydrogen-bond donors (Lipinski definition) is 1. The van der Waals surface area contributed by atoms with Crippen molar-refractivity contribution < 1.29 is 17.9 Å². The maximum absolute atomic E-state index is 13.4. The summed E-state index contributed by atoms with van der Waals surface area (Å²) in [4.78, 5) is 13.0. The second-order valence-corrected chi connectivity index (χ2v) is 9.82. The summed E-state index contributed by atoms with van der Waals surface area (Å²) in [6.07, 6.45) is 0. The molecule has 1 atom stereocenters. The number of nitrogens with zero attached hydrogens (tertiary/aromatic N) is 1. The maximum atomic E-state index is 13.4. The SMILES string of the molecule is CCOc1ccc([C@H](C)NC(=O)CN(c2ccc(C)c(Cl)c2)S(=O)(=O)c2ccccc2)cc1. The number of benzene rings is 3. The Labute approximate surface area is 200 Å². The van der Waals surface area contributed by atoms with Crippen LogP contribution in [0.15, 0.2) is 77.7 Å². The van der Waals surface area contributed by atoms with Gasteiger partial charge >= 0.3 is 0 Å². The van der Waals surface area contributed by atoms with Crippen molar-refractivity contribution in [2.24, 2.45) is 0 Å². The number of sulfonamides is 1. The van der Waals surface area contributed by atoms with Gasteiger partial charge in [0, 0.05) is 5.02 Å². The van der Waals surface area contributed by atoms with Gasteiger partial charge in [0.25, 0.3) is 10.0 Å². The van der Waals surface area contributed by atoms with Crippen molar-refractivity contribution >= 4 is 33.2 Å². The fraction of sp³-hybridized carbons (Fsp3) is 0.240. The van der Waals surface area contributed by atoms with Crippen molar-refractivity contribution in [2.75, 3.05) is 17.5 Å². The van der Waals surface area contributed by atoms with Crippen LogP contribution in [0.4, 0.5) is 5.69 Å². The molecule has 0 aromatic heterocycles. The normalized spacial score (nSPS) is 12.1. The van der Waals surface area contributed by atoms with Gasteiger partial charge in [-0.25, -0.2) is 8.42 Å². The first kappa shape index (κ1) is 24.6. The van der Waals surface area contributed by atoms with Gasteiger partial charge in [-0.05, 0) is 68.3 Å². The number of carbonyl (C=O) groups excluding carboxylic acids is 1. The highest BCUT2D eigenvalue weighted by atomic mass is 35.5. The average Bonchev–Trinajstić information content (AvgIpc) is 2.80. The van der Waals surface area contributed by atoms with Crippen LogP contribution in [-0.2, 0) is 14.8 Å². The molecule has 0 saturated heterocycles. The van der Waals surface area contributed by atoms with E-state index in [9.17, 15) is 13.2 Å². The summed E-state index contributed by atoms with van der Waals surface area (Å²) in [6.45, 7) is 5.76. The monoisotopic (exact) mass is 486 g/mol. The Balaban J connectivity index is 1.85. The molecule has 174 valence electrons. The van der Waals surface area contributed by atoms with Gasteiger partial charge in [-0.1, -0.05) is 48.0 Å². The third-order valence-corrected chi connectivity index (χ3v) is 7.33. The average molecular weight is 487 g/mol. The first-order chi connectivity index (χ1) is 15.7. The van der Waals surface area contributed by atoms with Gasteiger partial charge < -0.3 is 10.1 Å². The zero-order valence-corrected chi connectivity index (χ0v) is 20.4. The Kier molecular flexibility index (Phi) is 8.00. The molecule has 0 aliphatic carbocycles. The van der Waals surface area contributed by atoms with Crippen LogP contribution >= 0.6 is 11.6 Å². The van der Waals surface area contributed by atoms with Gasteiger partial charge in [0.15, 0.2) is 0 Å². The number of hydrogen-bond acceptors (Lipinski definition) is 4. The van der Waals surface area contributed by atoms with Gasteiger partial charge in [-0.15, -0.1) is 0 Å². The van der Waals surface area contributed by atoms with E-state index in [1.807, 2.05) is 45.0 Å². The minimum Gasteiger partial charge on any atom is -0.494 e. The fourth-order valence-electron chi connectivity index (χ4n) is 3.29. The van der Waals surface area contributed by atoms with E-state index in [-0.39, 0.29) is 10.9 Å². The molecule has 0 radical (unpaired) electrons. The lowest BCUT2D eigenvalue weighted by Crippen LogP contribution is -2.41. The summed E-state index contributed by atoms with van der Waals surface area (Å²) in [6, 6.07) is 20.0. The predicted molar refractivity (Wildman–Crippen MR) is 131 cm³/mol. The number of carbonyl (C=O) groups is 1. The molecule has 0 saturated carbocycles. The number of amides is 1. The van der Waals surface area contributed by atoms with Crippen molar-refractivity contribution in [3.63, 3.8) is 0 Å². The lowest BCUT2D eigenvalue weighted by atomic mass is 10.1. The molecule has 3 rings (SSSR count). The summed E-state index contributed by atoms with van der Waals surface area (Å²) < 4.78 is 33.3. The highest BCUT2D eigenvalue weighted by molar-refractivity contribution is 7.92. The van der Waals surface area contributed by atoms with E-state index in [0.29, 0.717) is 17.3 Å². The van der Waals surface area contributed by atoms with E-state index in [0.717, 1.165) is 21.2 Å². The Morgan fingerprint density at radius 2 is 1.73 bits per heavy atom. The molecule has 0 spiro atoms. The number of halogens is 1. The third kappa shape index (κ3) is 6.06. The quantitative estimate of drug-likeness (QED) is 0.455. The first-order valence-corrected chi connectivity index (χ1v) is 12.4. The Morgan fingerprint density at radius 3 is 2.33 bits per heavy atom. The van der Waals surface area contributed by atoms with Gasteiger partial charge in [0.1, 0.15) is 12.3 Å². The van der Waals surface area contributed by atoms with Gasteiger partial charge in [0.2, 0.25) is 5.91 Å². The molecule has 1 amide bonds. The van der Waals surface area contributed by atoms with Gasteiger partial charge in [-0.3, -0.25) is 9.10 Å². The van der Waals surface area contributed by atoms with Crippen LogP contribution in [-0.4, -0.2) is 27.5 Å². The zero-order valence-electron chi connectivity index (χ0n) is 18.8. The number of rotatable bonds is 9. The Morgan fingerprint density at radius 1 is 1.06 bits per heavy atom. The molecule has 8 heteroatoms. The lowest BCUT2D eigenvalue weighted by Gasteiger charge is -2.25. The second-order valence-electron chi connectivity index (χ2n) is 7.55. The van der Waals surface area contributed by atoms with E-state index in [1.54, 1.807) is 36.4 Å². The largest absolute Gasteiger partial charge is 0.494 e. The summed E-state index contributed by atoms with van der Waals surface area (Å²) >= 11 is 6.26. The van der Waals surface area contributed by atoms with Crippen molar-refractivity contribution in [3.8, 4) is 5.75 Å². The van der Waals surface area contributed by atoms with Crippen LogP contribution in [0.2, 0.25) is 5.02 Å². The number of ether oxygens (including phenoxy) is 1. The molecule has 6 nitrogen and oxygen atoms in total. The predicted octanol–water partition coefficient (Wildman–Crippen LogP) is 5.12. The molecule has 1 N–H and O–H groups in total. The zero-order chi connectivity index (χ0) is 24.0. The molecule has 0 unspecified atom stereocenters. The van der Waals surface area contributed by atoms with Crippen molar-refractivity contribution in [1.29, 1.82) is 0 Å². The summed E-state index contributed by atoms with van der Waals surface area (Å²) in [5.74, 6) is 0.309. The number of aryl methyl sites for hydroxylation is 1. The van der Waals surface area contributed by atoms with Crippen molar-refractivity contribution in [2.45, 2.75) is 31.7 Å². The lowest BCUT2D eigenvalue weighted by molar-refractivity contribution is -0.120. The molecule has 0 heterocycles. The highest BCUT2D eigenvalue weighted by Gasteiger charge is 2.28.